The quantitative estimate of drug-likeness (QED) is 0.777. The fourth-order valence-corrected chi connectivity index (χ4v) is 2.25. The van der Waals surface area contributed by atoms with Gasteiger partial charge in [-0.15, -0.1) is 0 Å². The van der Waals surface area contributed by atoms with Crippen molar-refractivity contribution in [3.05, 3.63) is 28.8 Å². The second kappa shape index (κ2) is 3.57. The van der Waals surface area contributed by atoms with Gasteiger partial charge in [0.2, 0.25) is 0 Å². The number of hydrogen-bond donors (Lipinski definition) is 2. The van der Waals surface area contributed by atoms with Crippen molar-refractivity contribution in [3.63, 3.8) is 0 Å². The van der Waals surface area contributed by atoms with Gasteiger partial charge in [0.25, 0.3) is 0 Å². The minimum Gasteiger partial charge on any atom is -0.481 e. The van der Waals surface area contributed by atoms with E-state index in [0.717, 1.165) is 12.1 Å². The van der Waals surface area contributed by atoms with E-state index in [2.05, 4.69) is 31.3 Å². The third kappa shape index (κ3) is 1.96. The van der Waals surface area contributed by atoms with Gasteiger partial charge in [-0.05, 0) is 43.0 Å². The number of rotatable bonds is 2. The van der Waals surface area contributed by atoms with Crippen LogP contribution in [0, 0.1) is 13.8 Å². The Hall–Kier alpha value is -1.51. The van der Waals surface area contributed by atoms with Crippen molar-refractivity contribution in [1.29, 1.82) is 0 Å². The topological polar surface area (TPSA) is 49.3 Å². The first-order valence-corrected chi connectivity index (χ1v) is 5.14. The number of benzene rings is 1. The monoisotopic (exact) mass is 205 g/mol. The lowest BCUT2D eigenvalue weighted by molar-refractivity contribution is -0.137. The number of anilines is 1. The van der Waals surface area contributed by atoms with Crippen LogP contribution in [0.25, 0.3) is 0 Å². The van der Waals surface area contributed by atoms with Gasteiger partial charge in [-0.1, -0.05) is 6.07 Å². The zero-order valence-electron chi connectivity index (χ0n) is 9.00. The maximum atomic E-state index is 10.6. The van der Waals surface area contributed by atoms with E-state index >= 15 is 0 Å². The SMILES string of the molecule is Cc1cc(C)c2c(c1)NC(CC(=O)O)C2. The van der Waals surface area contributed by atoms with Crippen molar-refractivity contribution in [2.45, 2.75) is 32.7 Å². The van der Waals surface area contributed by atoms with Gasteiger partial charge in [-0.3, -0.25) is 4.79 Å². The Balaban J connectivity index is 2.23. The molecule has 0 bridgehead atoms. The predicted molar refractivity (Wildman–Crippen MR) is 59.3 cm³/mol. The van der Waals surface area contributed by atoms with Crippen LogP contribution < -0.4 is 5.32 Å². The van der Waals surface area contributed by atoms with E-state index in [1.807, 2.05) is 0 Å². The molecule has 0 aromatic heterocycles. The molecule has 1 aliphatic heterocycles. The Morgan fingerprint density at radius 1 is 1.53 bits per heavy atom. The summed E-state index contributed by atoms with van der Waals surface area (Å²) in [7, 11) is 0. The van der Waals surface area contributed by atoms with Crippen LogP contribution in [0.1, 0.15) is 23.1 Å². The summed E-state index contributed by atoms with van der Waals surface area (Å²) in [6.07, 6.45) is 1.01. The van der Waals surface area contributed by atoms with Crippen LogP contribution in [0.4, 0.5) is 5.69 Å². The first-order valence-electron chi connectivity index (χ1n) is 5.14. The largest absolute Gasteiger partial charge is 0.481 e. The molecule has 1 heterocycles. The van der Waals surface area contributed by atoms with E-state index in [0.29, 0.717) is 0 Å². The molecule has 0 saturated carbocycles. The zero-order chi connectivity index (χ0) is 11.0. The van der Waals surface area contributed by atoms with E-state index in [-0.39, 0.29) is 12.5 Å². The highest BCUT2D eigenvalue weighted by atomic mass is 16.4. The summed E-state index contributed by atoms with van der Waals surface area (Å²) in [5, 5.41) is 12.0. The molecule has 2 N–H and O–H groups in total. The molecule has 1 aliphatic rings. The number of carbonyl (C=O) groups is 1. The van der Waals surface area contributed by atoms with Crippen molar-refractivity contribution in [2.24, 2.45) is 0 Å². The number of nitrogens with one attached hydrogen (secondary N) is 1. The van der Waals surface area contributed by atoms with Crippen molar-refractivity contribution < 1.29 is 9.90 Å². The average Bonchev–Trinajstić information content (AvgIpc) is 2.45. The van der Waals surface area contributed by atoms with Gasteiger partial charge in [0, 0.05) is 11.7 Å². The van der Waals surface area contributed by atoms with Crippen molar-refractivity contribution >= 4 is 11.7 Å². The number of aliphatic carboxylic acids is 1. The average molecular weight is 205 g/mol. The van der Waals surface area contributed by atoms with Crippen molar-refractivity contribution in [3.8, 4) is 0 Å². The second-order valence-electron chi connectivity index (χ2n) is 4.25. The van der Waals surface area contributed by atoms with Crippen LogP contribution in [0.5, 0.6) is 0 Å². The van der Waals surface area contributed by atoms with Crippen LogP contribution in [-0.4, -0.2) is 17.1 Å². The second-order valence-corrected chi connectivity index (χ2v) is 4.25. The molecular weight excluding hydrogens is 190 g/mol. The summed E-state index contributed by atoms with van der Waals surface area (Å²) in [5.74, 6) is -0.741. The van der Waals surface area contributed by atoms with E-state index in [1.165, 1.54) is 16.7 Å². The van der Waals surface area contributed by atoms with Gasteiger partial charge in [0.15, 0.2) is 0 Å². The summed E-state index contributed by atoms with van der Waals surface area (Å²) in [6.45, 7) is 4.14. The van der Waals surface area contributed by atoms with E-state index < -0.39 is 5.97 Å². The van der Waals surface area contributed by atoms with E-state index in [1.54, 1.807) is 0 Å². The normalized spacial score (nSPS) is 18.4. The highest BCUT2D eigenvalue weighted by molar-refractivity contribution is 5.70. The number of aryl methyl sites for hydroxylation is 2. The standard InChI is InChI=1S/C12H15NO2/c1-7-3-8(2)10-5-9(6-12(14)15)13-11(10)4-7/h3-4,9,13H,5-6H2,1-2H3,(H,14,15). The Kier molecular flexibility index (Phi) is 2.39. The minimum absolute atomic E-state index is 0.0537. The van der Waals surface area contributed by atoms with Crippen LogP contribution in [0.15, 0.2) is 12.1 Å². The highest BCUT2D eigenvalue weighted by Gasteiger charge is 2.23. The third-order valence-electron chi connectivity index (χ3n) is 2.85. The summed E-state index contributed by atoms with van der Waals surface area (Å²) >= 11 is 0. The minimum atomic E-state index is -0.741. The molecule has 0 spiro atoms. The first-order chi connectivity index (χ1) is 7.06. The number of carboxylic acid groups (broad SMARTS) is 1. The molecule has 80 valence electrons. The van der Waals surface area contributed by atoms with Crippen LogP contribution in [0.2, 0.25) is 0 Å². The molecule has 0 saturated heterocycles. The molecule has 0 fully saturated rings. The predicted octanol–water partition coefficient (Wildman–Crippen LogP) is 2.11. The number of hydrogen-bond acceptors (Lipinski definition) is 2. The van der Waals surface area contributed by atoms with Crippen molar-refractivity contribution in [1.82, 2.24) is 0 Å². The molecule has 1 unspecified atom stereocenters. The van der Waals surface area contributed by atoms with Gasteiger partial charge in [0.05, 0.1) is 6.42 Å². The van der Waals surface area contributed by atoms with Gasteiger partial charge in [0.1, 0.15) is 0 Å². The Bertz CT molecular complexity index is 412. The summed E-state index contributed by atoms with van der Waals surface area (Å²) in [5.41, 5.74) is 4.85. The van der Waals surface area contributed by atoms with Gasteiger partial charge >= 0.3 is 5.97 Å². The van der Waals surface area contributed by atoms with Gasteiger partial charge in [-0.25, -0.2) is 0 Å². The van der Waals surface area contributed by atoms with Crippen LogP contribution in [0.3, 0.4) is 0 Å². The molecule has 3 heteroatoms. The molecule has 3 nitrogen and oxygen atoms in total. The molecule has 1 aromatic rings. The van der Waals surface area contributed by atoms with Crippen LogP contribution >= 0.6 is 0 Å². The number of carboxylic acids is 1. The smallest absolute Gasteiger partial charge is 0.305 e. The molecule has 1 aromatic carbocycles. The number of fused-ring (bicyclic) bond motifs is 1. The molecule has 15 heavy (non-hydrogen) atoms. The highest BCUT2D eigenvalue weighted by Crippen LogP contribution is 2.30. The van der Waals surface area contributed by atoms with Gasteiger partial charge < -0.3 is 10.4 Å². The first kappa shape index (κ1) is 10.0. The summed E-state index contributed by atoms with van der Waals surface area (Å²) < 4.78 is 0. The van der Waals surface area contributed by atoms with Crippen LogP contribution in [-0.2, 0) is 11.2 Å². The summed E-state index contributed by atoms with van der Waals surface area (Å²) in [6, 6.07) is 4.28. The molecule has 0 radical (unpaired) electrons. The zero-order valence-corrected chi connectivity index (χ0v) is 9.00. The third-order valence-corrected chi connectivity index (χ3v) is 2.85. The summed E-state index contributed by atoms with van der Waals surface area (Å²) in [4.78, 5) is 10.6. The van der Waals surface area contributed by atoms with Gasteiger partial charge in [-0.2, -0.15) is 0 Å². The fraction of sp³-hybridized carbons (Fsp3) is 0.417. The molecular formula is C12H15NO2. The fourth-order valence-electron chi connectivity index (χ4n) is 2.25. The van der Waals surface area contributed by atoms with E-state index in [9.17, 15) is 4.79 Å². The molecule has 2 rings (SSSR count). The lowest BCUT2D eigenvalue weighted by atomic mass is 10.0. The maximum absolute atomic E-state index is 10.6. The lowest BCUT2D eigenvalue weighted by Crippen LogP contribution is -2.19. The molecule has 0 aliphatic carbocycles. The maximum Gasteiger partial charge on any atom is 0.305 e. The lowest BCUT2D eigenvalue weighted by Gasteiger charge is -2.07. The molecule has 0 amide bonds. The van der Waals surface area contributed by atoms with Crippen molar-refractivity contribution in [2.75, 3.05) is 5.32 Å². The Labute approximate surface area is 89.1 Å². The Morgan fingerprint density at radius 2 is 2.27 bits per heavy atom. The molecule has 1 atom stereocenters. The van der Waals surface area contributed by atoms with E-state index in [4.69, 9.17) is 5.11 Å². The Morgan fingerprint density at radius 3 is 2.93 bits per heavy atom.